The Hall–Kier alpha value is -0.950. The topological polar surface area (TPSA) is 81.4 Å². The van der Waals surface area contributed by atoms with Crippen LogP contribution in [0.4, 0.5) is 0 Å². The molecule has 0 radical (unpaired) electrons. The number of ether oxygens (including phenoxy) is 1. The van der Waals surface area contributed by atoms with Crippen LogP contribution in [0, 0.1) is 5.92 Å². The van der Waals surface area contributed by atoms with Crippen molar-refractivity contribution in [3.63, 3.8) is 0 Å². The van der Waals surface area contributed by atoms with Crippen molar-refractivity contribution in [1.82, 2.24) is 5.32 Å². The van der Waals surface area contributed by atoms with Crippen LogP contribution in [0.3, 0.4) is 0 Å². The van der Waals surface area contributed by atoms with Gasteiger partial charge in [-0.25, -0.2) is 13.6 Å². The minimum atomic E-state index is -3.65. The van der Waals surface area contributed by atoms with E-state index < -0.39 is 10.0 Å². The SMILES string of the molecule is CC(NC1CCOC1C1CC1)c1cccc(S(N)(=O)=O)c1. The quantitative estimate of drug-likeness (QED) is 0.864. The van der Waals surface area contributed by atoms with E-state index in [0.29, 0.717) is 18.1 Å². The summed E-state index contributed by atoms with van der Waals surface area (Å²) in [5, 5.41) is 8.78. The molecule has 6 heteroatoms. The minimum absolute atomic E-state index is 0.0691. The molecule has 5 nitrogen and oxygen atoms in total. The molecular weight excluding hydrogens is 288 g/mol. The summed E-state index contributed by atoms with van der Waals surface area (Å²) in [7, 11) is -3.65. The summed E-state index contributed by atoms with van der Waals surface area (Å²) < 4.78 is 28.7. The van der Waals surface area contributed by atoms with Gasteiger partial charge in [-0.05, 0) is 49.8 Å². The van der Waals surface area contributed by atoms with E-state index in [2.05, 4.69) is 5.32 Å². The van der Waals surface area contributed by atoms with Gasteiger partial charge in [0.05, 0.1) is 11.0 Å². The summed E-state index contributed by atoms with van der Waals surface area (Å²) in [6.45, 7) is 2.85. The highest BCUT2D eigenvalue weighted by Gasteiger charge is 2.40. The predicted octanol–water partition coefficient (Wildman–Crippen LogP) is 1.55. The Morgan fingerprint density at radius 1 is 1.33 bits per heavy atom. The smallest absolute Gasteiger partial charge is 0.238 e. The minimum Gasteiger partial charge on any atom is -0.376 e. The fraction of sp³-hybridized carbons (Fsp3) is 0.600. The van der Waals surface area contributed by atoms with Gasteiger partial charge >= 0.3 is 0 Å². The number of nitrogens with one attached hydrogen (secondary N) is 1. The number of primary sulfonamides is 1. The molecule has 1 saturated carbocycles. The largest absolute Gasteiger partial charge is 0.376 e. The van der Waals surface area contributed by atoms with Gasteiger partial charge in [0, 0.05) is 18.7 Å². The Morgan fingerprint density at radius 3 is 2.76 bits per heavy atom. The summed E-state index contributed by atoms with van der Waals surface area (Å²) >= 11 is 0. The predicted molar refractivity (Wildman–Crippen MR) is 80.2 cm³/mol. The third-order valence-electron chi connectivity index (χ3n) is 4.37. The van der Waals surface area contributed by atoms with Crippen LogP contribution >= 0.6 is 0 Å². The van der Waals surface area contributed by atoms with Crippen molar-refractivity contribution >= 4 is 10.0 Å². The highest BCUT2D eigenvalue weighted by Crippen LogP contribution is 2.39. The van der Waals surface area contributed by atoms with E-state index in [0.717, 1.165) is 18.6 Å². The lowest BCUT2D eigenvalue weighted by Gasteiger charge is -2.24. The number of hydrogen-bond donors (Lipinski definition) is 2. The lowest BCUT2D eigenvalue weighted by molar-refractivity contribution is 0.0793. The van der Waals surface area contributed by atoms with Crippen molar-refractivity contribution in [2.75, 3.05) is 6.61 Å². The van der Waals surface area contributed by atoms with Crippen LogP contribution in [0.2, 0.25) is 0 Å². The van der Waals surface area contributed by atoms with Crippen LogP contribution in [-0.4, -0.2) is 27.2 Å². The molecule has 1 aliphatic carbocycles. The summed E-state index contributed by atoms with van der Waals surface area (Å²) in [5.41, 5.74) is 0.933. The molecule has 1 aromatic rings. The highest BCUT2D eigenvalue weighted by atomic mass is 32.2. The first-order chi connectivity index (χ1) is 9.95. The van der Waals surface area contributed by atoms with E-state index >= 15 is 0 Å². The van der Waals surface area contributed by atoms with Crippen molar-refractivity contribution in [3.05, 3.63) is 29.8 Å². The van der Waals surface area contributed by atoms with Gasteiger partial charge in [0.2, 0.25) is 10.0 Å². The molecule has 1 aliphatic heterocycles. The van der Waals surface area contributed by atoms with Gasteiger partial charge in [-0.3, -0.25) is 0 Å². The average Bonchev–Trinajstić information content (AvgIpc) is 3.18. The van der Waals surface area contributed by atoms with Gasteiger partial charge < -0.3 is 10.1 Å². The second-order valence-electron chi connectivity index (χ2n) is 6.07. The maximum Gasteiger partial charge on any atom is 0.238 e. The molecule has 116 valence electrons. The fourth-order valence-corrected chi connectivity index (χ4v) is 3.63. The first kappa shape index (κ1) is 15.0. The fourth-order valence-electron chi connectivity index (χ4n) is 3.06. The monoisotopic (exact) mass is 310 g/mol. The van der Waals surface area contributed by atoms with Crippen molar-refractivity contribution in [2.24, 2.45) is 11.1 Å². The van der Waals surface area contributed by atoms with E-state index in [9.17, 15) is 8.42 Å². The molecule has 0 amide bonds. The molecule has 3 unspecified atom stereocenters. The standard InChI is InChI=1S/C15H22N2O3S/c1-10(12-3-2-4-13(9-12)21(16,18)19)17-14-7-8-20-15(14)11-5-6-11/h2-4,9-11,14-15,17H,5-8H2,1H3,(H2,16,18,19). The average molecular weight is 310 g/mol. The molecule has 1 aromatic carbocycles. The molecule has 0 bridgehead atoms. The molecule has 0 spiro atoms. The van der Waals surface area contributed by atoms with Crippen molar-refractivity contribution in [1.29, 1.82) is 0 Å². The zero-order chi connectivity index (χ0) is 15.0. The second-order valence-corrected chi connectivity index (χ2v) is 7.64. The molecule has 1 saturated heterocycles. The third kappa shape index (κ3) is 3.45. The molecule has 1 heterocycles. The van der Waals surface area contributed by atoms with Gasteiger partial charge in [-0.1, -0.05) is 12.1 Å². The van der Waals surface area contributed by atoms with E-state index in [-0.39, 0.29) is 10.9 Å². The van der Waals surface area contributed by atoms with Crippen LogP contribution in [0.1, 0.15) is 37.8 Å². The molecule has 2 fully saturated rings. The lowest BCUT2D eigenvalue weighted by atomic mass is 10.0. The Bertz CT molecular complexity index is 613. The summed E-state index contributed by atoms with van der Waals surface area (Å²) in [4.78, 5) is 0.162. The normalized spacial score (nSPS) is 27.7. The van der Waals surface area contributed by atoms with E-state index in [1.807, 2.05) is 13.0 Å². The first-order valence-corrected chi connectivity index (χ1v) is 9.00. The molecule has 0 aromatic heterocycles. The van der Waals surface area contributed by atoms with E-state index in [4.69, 9.17) is 9.88 Å². The van der Waals surface area contributed by atoms with Gasteiger partial charge in [0.15, 0.2) is 0 Å². The van der Waals surface area contributed by atoms with Crippen molar-refractivity contribution in [3.8, 4) is 0 Å². The lowest BCUT2D eigenvalue weighted by Crippen LogP contribution is -2.39. The number of sulfonamides is 1. The van der Waals surface area contributed by atoms with Crippen molar-refractivity contribution in [2.45, 2.75) is 49.3 Å². The summed E-state index contributed by atoms with van der Waals surface area (Å²) in [6.07, 6.45) is 3.85. The van der Waals surface area contributed by atoms with Gasteiger partial charge in [-0.2, -0.15) is 0 Å². The molecule has 2 aliphatic rings. The maximum atomic E-state index is 11.4. The van der Waals surface area contributed by atoms with Crippen LogP contribution in [0.5, 0.6) is 0 Å². The van der Waals surface area contributed by atoms with Crippen molar-refractivity contribution < 1.29 is 13.2 Å². The van der Waals surface area contributed by atoms with Crippen LogP contribution < -0.4 is 10.5 Å². The van der Waals surface area contributed by atoms with Gasteiger partial charge in [0.25, 0.3) is 0 Å². The Morgan fingerprint density at radius 2 is 2.10 bits per heavy atom. The third-order valence-corrected chi connectivity index (χ3v) is 5.28. The zero-order valence-corrected chi connectivity index (χ0v) is 13.0. The number of rotatable bonds is 5. The highest BCUT2D eigenvalue weighted by molar-refractivity contribution is 7.89. The number of benzene rings is 1. The van der Waals surface area contributed by atoms with E-state index in [1.165, 1.54) is 18.9 Å². The van der Waals surface area contributed by atoms with Crippen LogP contribution in [0.25, 0.3) is 0 Å². The Balaban J connectivity index is 1.71. The van der Waals surface area contributed by atoms with E-state index in [1.54, 1.807) is 12.1 Å². The maximum absolute atomic E-state index is 11.4. The second kappa shape index (κ2) is 5.68. The summed E-state index contributed by atoms with van der Waals surface area (Å²) in [6, 6.07) is 7.25. The molecule has 3 rings (SSSR count). The molecular formula is C15H22N2O3S. The van der Waals surface area contributed by atoms with Gasteiger partial charge in [0.1, 0.15) is 0 Å². The number of nitrogens with two attached hydrogens (primary N) is 1. The summed E-state index contributed by atoms with van der Waals surface area (Å²) in [5.74, 6) is 0.702. The molecule has 21 heavy (non-hydrogen) atoms. The number of hydrogen-bond acceptors (Lipinski definition) is 4. The zero-order valence-electron chi connectivity index (χ0n) is 12.2. The van der Waals surface area contributed by atoms with Crippen LogP contribution in [0.15, 0.2) is 29.2 Å². The van der Waals surface area contributed by atoms with Crippen LogP contribution in [-0.2, 0) is 14.8 Å². The molecule has 3 atom stereocenters. The first-order valence-electron chi connectivity index (χ1n) is 7.45. The molecule has 3 N–H and O–H groups in total. The Labute approximate surface area is 125 Å². The Kier molecular flexibility index (Phi) is 4.05. The van der Waals surface area contributed by atoms with Gasteiger partial charge in [-0.15, -0.1) is 0 Å².